The van der Waals surface area contributed by atoms with Crippen molar-refractivity contribution in [2.24, 2.45) is 0 Å². The van der Waals surface area contributed by atoms with Crippen LogP contribution in [0.2, 0.25) is 0 Å². The molecular formula is C38H23F2N3S2. The van der Waals surface area contributed by atoms with Crippen LogP contribution < -0.4 is 4.90 Å². The van der Waals surface area contributed by atoms with Gasteiger partial charge in [0.15, 0.2) is 0 Å². The molecule has 0 aliphatic rings. The zero-order valence-electron chi connectivity index (χ0n) is 23.7. The van der Waals surface area contributed by atoms with Crippen LogP contribution in [-0.2, 0) is 0 Å². The molecule has 0 atom stereocenters. The topological polar surface area (TPSA) is 29.0 Å². The van der Waals surface area contributed by atoms with Gasteiger partial charge < -0.3 is 4.90 Å². The van der Waals surface area contributed by atoms with Crippen molar-refractivity contribution in [1.82, 2.24) is 9.97 Å². The third kappa shape index (κ3) is 5.37. The minimum Gasteiger partial charge on any atom is -0.310 e. The fourth-order valence-electron chi connectivity index (χ4n) is 5.42. The van der Waals surface area contributed by atoms with Crippen LogP contribution in [0, 0.1) is 11.6 Å². The van der Waals surface area contributed by atoms with Gasteiger partial charge in [-0.05, 0) is 108 Å². The molecule has 0 aliphatic carbocycles. The molecule has 8 rings (SSSR count). The molecular weight excluding hydrogens is 601 g/mol. The average Bonchev–Trinajstić information content (AvgIpc) is 3.70. The maximum atomic E-state index is 13.6. The predicted molar refractivity (Wildman–Crippen MR) is 184 cm³/mol. The van der Waals surface area contributed by atoms with Crippen molar-refractivity contribution in [3.63, 3.8) is 0 Å². The first-order valence-corrected chi connectivity index (χ1v) is 16.0. The van der Waals surface area contributed by atoms with Crippen molar-refractivity contribution < 1.29 is 8.78 Å². The van der Waals surface area contributed by atoms with Gasteiger partial charge in [0, 0.05) is 28.2 Å². The first kappa shape index (κ1) is 27.3. The van der Waals surface area contributed by atoms with E-state index in [1.54, 1.807) is 46.9 Å². The lowest BCUT2D eigenvalue weighted by Crippen LogP contribution is -2.09. The molecule has 2 aromatic heterocycles. The maximum absolute atomic E-state index is 13.6. The summed E-state index contributed by atoms with van der Waals surface area (Å²) in [6.45, 7) is 0. The molecule has 8 aromatic rings. The molecule has 3 nitrogen and oxygen atoms in total. The molecule has 0 radical (unpaired) electrons. The number of anilines is 3. The Morgan fingerprint density at radius 2 is 0.933 bits per heavy atom. The number of halogens is 2. The lowest BCUT2D eigenvalue weighted by Gasteiger charge is -2.25. The highest BCUT2D eigenvalue weighted by molar-refractivity contribution is 7.22. The second-order valence-corrected chi connectivity index (χ2v) is 12.7. The van der Waals surface area contributed by atoms with Crippen LogP contribution in [0.25, 0.3) is 52.7 Å². The second-order valence-electron chi connectivity index (χ2n) is 10.6. The molecule has 7 heteroatoms. The number of benzene rings is 6. The fourth-order valence-corrected chi connectivity index (χ4v) is 7.38. The van der Waals surface area contributed by atoms with E-state index in [0.29, 0.717) is 0 Å². The van der Waals surface area contributed by atoms with Gasteiger partial charge in [-0.15, -0.1) is 22.7 Å². The van der Waals surface area contributed by atoms with E-state index in [-0.39, 0.29) is 11.6 Å². The van der Waals surface area contributed by atoms with E-state index in [4.69, 9.17) is 9.97 Å². The highest BCUT2D eigenvalue weighted by atomic mass is 32.1. The van der Waals surface area contributed by atoms with Crippen LogP contribution in [0.3, 0.4) is 0 Å². The first-order chi connectivity index (χ1) is 22.1. The Bertz CT molecular complexity index is 2150. The summed E-state index contributed by atoms with van der Waals surface area (Å²) in [6, 6.07) is 44.4. The van der Waals surface area contributed by atoms with Crippen LogP contribution in [0.4, 0.5) is 25.8 Å². The van der Waals surface area contributed by atoms with E-state index in [2.05, 4.69) is 71.6 Å². The fraction of sp³-hybridized carbons (Fsp3) is 0. The van der Waals surface area contributed by atoms with E-state index in [9.17, 15) is 8.78 Å². The second kappa shape index (κ2) is 11.4. The maximum Gasteiger partial charge on any atom is 0.124 e. The molecule has 45 heavy (non-hydrogen) atoms. The summed E-state index contributed by atoms with van der Waals surface area (Å²) in [7, 11) is 0. The lowest BCUT2D eigenvalue weighted by atomic mass is 10.0. The van der Waals surface area contributed by atoms with Gasteiger partial charge in [-0.3, -0.25) is 0 Å². The molecule has 0 amide bonds. The van der Waals surface area contributed by atoms with Gasteiger partial charge in [0.1, 0.15) is 21.6 Å². The minimum atomic E-state index is -0.266. The Kier molecular flexibility index (Phi) is 6.89. The van der Waals surface area contributed by atoms with E-state index in [0.717, 1.165) is 69.8 Å². The summed E-state index contributed by atoms with van der Waals surface area (Å²) >= 11 is 3.17. The van der Waals surface area contributed by atoms with Crippen molar-refractivity contribution in [2.45, 2.75) is 0 Å². The van der Waals surface area contributed by atoms with Crippen molar-refractivity contribution in [3.8, 4) is 32.3 Å². The number of hydrogen-bond donors (Lipinski definition) is 0. The molecule has 0 bridgehead atoms. The number of aromatic nitrogens is 2. The number of nitrogens with zero attached hydrogens (tertiary/aromatic N) is 3. The summed E-state index contributed by atoms with van der Waals surface area (Å²) in [6.07, 6.45) is 0. The summed E-state index contributed by atoms with van der Waals surface area (Å²) in [5, 5.41) is 1.69. The molecule has 0 N–H and O–H groups in total. The van der Waals surface area contributed by atoms with Crippen molar-refractivity contribution in [3.05, 3.63) is 151 Å². The Morgan fingerprint density at radius 1 is 0.422 bits per heavy atom. The highest BCUT2D eigenvalue weighted by Crippen LogP contribution is 2.41. The summed E-state index contributed by atoms with van der Waals surface area (Å²) in [4.78, 5) is 12.0. The predicted octanol–water partition coefficient (Wildman–Crippen LogP) is 11.7. The van der Waals surface area contributed by atoms with Crippen molar-refractivity contribution in [2.75, 3.05) is 4.90 Å². The SMILES string of the molecule is Fc1ccc(-c2nc3cc(N(c4ccc(-c5ccccc5)cc4)c4ccc5nc(-c6ccc(F)cc6)sc5c4)ccc3s2)cc1. The molecule has 0 saturated carbocycles. The Morgan fingerprint density at radius 3 is 1.60 bits per heavy atom. The molecule has 0 unspecified atom stereocenters. The number of fused-ring (bicyclic) bond motifs is 2. The van der Waals surface area contributed by atoms with Crippen LogP contribution >= 0.6 is 22.7 Å². The quantitative estimate of drug-likeness (QED) is 0.185. The van der Waals surface area contributed by atoms with E-state index >= 15 is 0 Å². The third-order valence-corrected chi connectivity index (χ3v) is 9.83. The first-order valence-electron chi connectivity index (χ1n) is 14.4. The van der Waals surface area contributed by atoms with E-state index < -0.39 is 0 Å². The van der Waals surface area contributed by atoms with Crippen molar-refractivity contribution in [1.29, 1.82) is 0 Å². The zero-order chi connectivity index (χ0) is 30.3. The van der Waals surface area contributed by atoms with Crippen LogP contribution in [0.1, 0.15) is 0 Å². The van der Waals surface area contributed by atoms with Gasteiger partial charge in [-0.25, -0.2) is 18.7 Å². The molecule has 2 heterocycles. The average molecular weight is 624 g/mol. The van der Waals surface area contributed by atoms with Gasteiger partial charge in [-0.2, -0.15) is 0 Å². The monoisotopic (exact) mass is 623 g/mol. The molecule has 216 valence electrons. The van der Waals surface area contributed by atoms with Gasteiger partial charge in [0.25, 0.3) is 0 Å². The molecule has 0 spiro atoms. The minimum absolute atomic E-state index is 0.265. The van der Waals surface area contributed by atoms with Crippen LogP contribution in [-0.4, -0.2) is 9.97 Å². The lowest BCUT2D eigenvalue weighted by molar-refractivity contribution is 0.627. The Labute approximate surface area is 266 Å². The molecule has 0 aliphatic heterocycles. The smallest absolute Gasteiger partial charge is 0.124 e. The van der Waals surface area contributed by atoms with Crippen LogP contribution in [0.15, 0.2) is 140 Å². The van der Waals surface area contributed by atoms with Gasteiger partial charge in [0.2, 0.25) is 0 Å². The van der Waals surface area contributed by atoms with E-state index in [1.165, 1.54) is 24.3 Å². The number of hydrogen-bond acceptors (Lipinski definition) is 5. The van der Waals surface area contributed by atoms with Gasteiger partial charge in [0.05, 0.1) is 20.4 Å². The summed E-state index contributed by atoms with van der Waals surface area (Å²) in [5.41, 5.74) is 8.80. The zero-order valence-corrected chi connectivity index (χ0v) is 25.3. The summed E-state index contributed by atoms with van der Waals surface area (Å²) in [5.74, 6) is -0.531. The Hall–Kier alpha value is -5.24. The van der Waals surface area contributed by atoms with Crippen molar-refractivity contribution >= 4 is 60.2 Å². The highest BCUT2D eigenvalue weighted by Gasteiger charge is 2.17. The summed E-state index contributed by atoms with van der Waals surface area (Å²) < 4.78 is 29.2. The number of rotatable bonds is 6. The Balaban J connectivity index is 1.23. The van der Waals surface area contributed by atoms with Gasteiger partial charge >= 0.3 is 0 Å². The third-order valence-electron chi connectivity index (χ3n) is 7.67. The van der Waals surface area contributed by atoms with Gasteiger partial charge in [-0.1, -0.05) is 42.5 Å². The van der Waals surface area contributed by atoms with E-state index in [1.807, 2.05) is 24.3 Å². The molecule has 0 saturated heterocycles. The number of thiazole rings is 2. The van der Waals surface area contributed by atoms with Crippen LogP contribution in [0.5, 0.6) is 0 Å². The molecule has 6 aromatic carbocycles. The normalized spacial score (nSPS) is 11.3. The molecule has 0 fully saturated rings. The standard InChI is InChI=1S/C38H23F2N3S2/c39-28-12-6-26(7-13-28)37-41-33-20-18-32(23-36(33)45-37)43(30-16-10-25(11-17-30)24-4-2-1-3-5-24)31-19-21-35-34(22-31)42-38(44-35)27-8-14-29(40)15-9-27/h1-23H. The largest absolute Gasteiger partial charge is 0.310 e.